The van der Waals surface area contributed by atoms with E-state index in [2.05, 4.69) is 25.2 Å². The number of hydrogen-bond donors (Lipinski definition) is 1. The summed E-state index contributed by atoms with van der Waals surface area (Å²) in [4.78, 5) is 13.2. The van der Waals surface area contributed by atoms with Crippen molar-refractivity contribution in [2.45, 2.75) is 59.0 Å². The Kier molecular flexibility index (Phi) is 8.12. The van der Waals surface area contributed by atoms with Crippen LogP contribution in [0.15, 0.2) is 42.5 Å². The van der Waals surface area contributed by atoms with Crippen molar-refractivity contribution in [3.05, 3.63) is 59.2 Å². The summed E-state index contributed by atoms with van der Waals surface area (Å²) in [6, 6.07) is 11.6. The van der Waals surface area contributed by atoms with E-state index in [1.807, 2.05) is 32.9 Å². The summed E-state index contributed by atoms with van der Waals surface area (Å²) in [5, 5.41) is 3.03. The summed E-state index contributed by atoms with van der Waals surface area (Å²) in [6.07, 6.45) is 1.47. The predicted octanol–water partition coefficient (Wildman–Crippen LogP) is 4.55. The number of carbonyl (C=O) groups is 1. The van der Waals surface area contributed by atoms with E-state index in [1.165, 1.54) is 4.31 Å². The number of sulfonamides is 1. The molecule has 1 amide bonds. The highest BCUT2D eigenvalue weighted by Gasteiger charge is 2.32. The van der Waals surface area contributed by atoms with Crippen molar-refractivity contribution >= 4 is 21.6 Å². The second-order valence-electron chi connectivity index (χ2n) is 8.15. The average Bonchev–Trinajstić information content (AvgIpc) is 2.70. The topological polar surface area (TPSA) is 75.7 Å². The number of rotatable bonds is 9. The summed E-state index contributed by atoms with van der Waals surface area (Å²) < 4.78 is 31.9. The fourth-order valence-electron chi connectivity index (χ4n) is 3.83. The molecule has 0 spiro atoms. The third-order valence-electron chi connectivity index (χ3n) is 5.41. The molecule has 0 bridgehead atoms. The van der Waals surface area contributed by atoms with Crippen molar-refractivity contribution in [2.75, 3.05) is 17.7 Å². The molecule has 0 aliphatic rings. The van der Waals surface area contributed by atoms with Crippen LogP contribution < -0.4 is 14.4 Å². The first-order valence-corrected chi connectivity index (χ1v) is 12.4. The molecule has 2 atom stereocenters. The molecule has 0 fully saturated rings. The lowest BCUT2D eigenvalue weighted by Gasteiger charge is -2.31. The summed E-state index contributed by atoms with van der Waals surface area (Å²) in [6.45, 7) is 9.89. The molecule has 2 rings (SSSR count). The molecular weight excluding hydrogens is 412 g/mol. The zero-order chi connectivity index (χ0) is 23.3. The highest BCUT2D eigenvalue weighted by molar-refractivity contribution is 7.92. The van der Waals surface area contributed by atoms with E-state index in [0.717, 1.165) is 28.7 Å². The number of nitrogens with zero attached hydrogens (tertiary/aromatic N) is 1. The van der Waals surface area contributed by atoms with Crippen molar-refractivity contribution in [1.29, 1.82) is 0 Å². The predicted molar refractivity (Wildman–Crippen MR) is 126 cm³/mol. The molecule has 170 valence electrons. The number of para-hydroxylation sites is 1. The van der Waals surface area contributed by atoms with Crippen LogP contribution in [0.5, 0.6) is 5.75 Å². The quantitative estimate of drug-likeness (QED) is 0.613. The van der Waals surface area contributed by atoms with Crippen molar-refractivity contribution in [2.24, 2.45) is 0 Å². The second kappa shape index (κ2) is 10.2. The smallest absolute Gasteiger partial charge is 0.244 e. The van der Waals surface area contributed by atoms with Gasteiger partial charge in [0.2, 0.25) is 15.9 Å². The maximum Gasteiger partial charge on any atom is 0.244 e. The molecule has 0 aromatic heterocycles. The molecule has 2 aromatic carbocycles. The lowest BCUT2D eigenvalue weighted by atomic mass is 9.93. The van der Waals surface area contributed by atoms with Crippen LogP contribution in [0.3, 0.4) is 0 Å². The van der Waals surface area contributed by atoms with E-state index in [0.29, 0.717) is 12.1 Å². The number of nitrogens with one attached hydrogen (secondary N) is 1. The van der Waals surface area contributed by atoms with E-state index in [1.54, 1.807) is 31.4 Å². The molecule has 0 aliphatic heterocycles. The summed E-state index contributed by atoms with van der Waals surface area (Å²) in [5.41, 5.74) is 3.53. The van der Waals surface area contributed by atoms with Gasteiger partial charge in [-0.15, -0.1) is 0 Å². The van der Waals surface area contributed by atoms with Gasteiger partial charge in [-0.1, -0.05) is 39.0 Å². The van der Waals surface area contributed by atoms with Gasteiger partial charge in [0, 0.05) is 0 Å². The van der Waals surface area contributed by atoms with Crippen molar-refractivity contribution in [1.82, 2.24) is 5.32 Å². The number of benzene rings is 2. The summed E-state index contributed by atoms with van der Waals surface area (Å²) in [7, 11) is -2.00. The van der Waals surface area contributed by atoms with Crippen molar-refractivity contribution in [3.63, 3.8) is 0 Å². The fourth-order valence-corrected chi connectivity index (χ4v) is 5.04. The van der Waals surface area contributed by atoms with Gasteiger partial charge >= 0.3 is 0 Å². The monoisotopic (exact) mass is 446 g/mol. The molecule has 0 unspecified atom stereocenters. The number of carbonyl (C=O) groups excluding carboxylic acids is 1. The van der Waals surface area contributed by atoms with Crippen LogP contribution in [-0.2, 0) is 14.8 Å². The third kappa shape index (κ3) is 5.79. The first-order valence-electron chi connectivity index (χ1n) is 10.5. The van der Waals surface area contributed by atoms with Gasteiger partial charge in [-0.05, 0) is 67.1 Å². The molecular formula is C24H34N2O4S. The van der Waals surface area contributed by atoms with Crippen LogP contribution in [0, 0.1) is 6.92 Å². The Balaban J connectivity index is 2.37. The zero-order valence-electron chi connectivity index (χ0n) is 19.5. The first-order chi connectivity index (χ1) is 14.5. The van der Waals surface area contributed by atoms with Gasteiger partial charge in [0.1, 0.15) is 11.8 Å². The zero-order valence-corrected chi connectivity index (χ0v) is 20.3. The highest BCUT2D eigenvalue weighted by atomic mass is 32.2. The number of methoxy groups -OCH3 is 1. The van der Waals surface area contributed by atoms with Gasteiger partial charge in [0.25, 0.3) is 0 Å². The van der Waals surface area contributed by atoms with Gasteiger partial charge < -0.3 is 10.1 Å². The van der Waals surface area contributed by atoms with Crippen molar-refractivity contribution < 1.29 is 17.9 Å². The van der Waals surface area contributed by atoms with Crippen LogP contribution in [0.4, 0.5) is 5.69 Å². The van der Waals surface area contributed by atoms with E-state index in [-0.39, 0.29) is 17.9 Å². The Morgan fingerprint density at radius 3 is 2.19 bits per heavy atom. The van der Waals surface area contributed by atoms with Gasteiger partial charge in [-0.2, -0.15) is 0 Å². The summed E-state index contributed by atoms with van der Waals surface area (Å²) >= 11 is 0. The summed E-state index contributed by atoms with van der Waals surface area (Å²) in [5.74, 6) is 0.763. The maximum absolute atomic E-state index is 13.2. The van der Waals surface area contributed by atoms with Gasteiger partial charge in [0.15, 0.2) is 0 Å². The Bertz CT molecular complexity index is 1000. The third-order valence-corrected chi connectivity index (χ3v) is 6.59. The Labute approximate surface area is 186 Å². The molecule has 1 N–H and O–H groups in total. The van der Waals surface area contributed by atoms with Crippen molar-refractivity contribution in [3.8, 4) is 5.75 Å². The molecule has 0 saturated heterocycles. The van der Waals surface area contributed by atoms with E-state index < -0.39 is 16.1 Å². The molecule has 0 saturated carbocycles. The van der Waals surface area contributed by atoms with Crippen LogP contribution in [-0.4, -0.2) is 33.7 Å². The largest absolute Gasteiger partial charge is 0.496 e. The minimum absolute atomic E-state index is 0.263. The van der Waals surface area contributed by atoms with Crippen LogP contribution in [0.25, 0.3) is 0 Å². The van der Waals surface area contributed by atoms with E-state index >= 15 is 0 Å². The molecule has 0 heterocycles. The molecule has 31 heavy (non-hydrogen) atoms. The van der Waals surface area contributed by atoms with Crippen LogP contribution in [0.1, 0.15) is 62.8 Å². The molecule has 6 nitrogen and oxygen atoms in total. The number of aryl methyl sites for hydroxylation is 1. The molecule has 0 radical (unpaired) electrons. The number of amides is 1. The number of hydrogen-bond acceptors (Lipinski definition) is 4. The Morgan fingerprint density at radius 2 is 1.71 bits per heavy atom. The standard InChI is InChI=1S/C24H34N2O4S/c1-8-22(26(31(7,28)29)19-12-10-9-11-13-19)24(27)25-18(5)21-15-20(16(2)3)23(30-6)14-17(21)4/h9-16,18,22H,8H2,1-7H3,(H,25,27)/t18-,22+/m1/s1. The van der Waals surface area contributed by atoms with Gasteiger partial charge in [0.05, 0.1) is 25.1 Å². The average molecular weight is 447 g/mol. The maximum atomic E-state index is 13.2. The van der Waals surface area contributed by atoms with Crippen LogP contribution >= 0.6 is 0 Å². The minimum Gasteiger partial charge on any atom is -0.496 e. The first kappa shape index (κ1) is 24.7. The minimum atomic E-state index is -3.65. The lowest BCUT2D eigenvalue weighted by molar-refractivity contribution is -0.122. The molecule has 7 heteroatoms. The fraction of sp³-hybridized carbons (Fsp3) is 0.458. The number of anilines is 1. The number of ether oxygens (including phenoxy) is 1. The highest BCUT2D eigenvalue weighted by Crippen LogP contribution is 2.32. The molecule has 0 aliphatic carbocycles. The lowest BCUT2D eigenvalue weighted by Crippen LogP contribution is -2.49. The van der Waals surface area contributed by atoms with Gasteiger partial charge in [-0.3, -0.25) is 9.10 Å². The second-order valence-corrected chi connectivity index (χ2v) is 10.0. The van der Waals surface area contributed by atoms with E-state index in [9.17, 15) is 13.2 Å². The van der Waals surface area contributed by atoms with E-state index in [4.69, 9.17) is 4.74 Å². The van der Waals surface area contributed by atoms with Crippen LogP contribution in [0.2, 0.25) is 0 Å². The normalized spacial score (nSPS) is 13.5. The Hall–Kier alpha value is -2.54. The molecule has 2 aromatic rings. The Morgan fingerprint density at radius 1 is 1.10 bits per heavy atom. The SMILES string of the molecule is CC[C@@H](C(=O)N[C@H](C)c1cc(C(C)C)c(OC)cc1C)N(c1ccccc1)S(C)(=O)=O. The van der Waals surface area contributed by atoms with Gasteiger partial charge in [-0.25, -0.2) is 8.42 Å².